The highest BCUT2D eigenvalue weighted by Gasteiger charge is 2.30. The number of carbonyl (C=O) groups excluding carboxylic acids is 1. The Bertz CT molecular complexity index is 932. The molecule has 1 atom stereocenters. The minimum absolute atomic E-state index is 0.392. The van der Waals surface area contributed by atoms with Crippen molar-refractivity contribution in [3.05, 3.63) is 53.1 Å². The fourth-order valence-corrected chi connectivity index (χ4v) is 4.84. The number of nitrogens with one attached hydrogen (secondary N) is 1. The van der Waals surface area contributed by atoms with E-state index in [0.717, 1.165) is 21.2 Å². The third-order valence-electron chi connectivity index (χ3n) is 3.94. The van der Waals surface area contributed by atoms with Crippen LogP contribution >= 0.6 is 23.4 Å². The van der Waals surface area contributed by atoms with Crippen molar-refractivity contribution in [1.82, 2.24) is 0 Å². The first kappa shape index (κ1) is 21.6. The third kappa shape index (κ3) is 5.40. The van der Waals surface area contributed by atoms with Crippen LogP contribution in [0.3, 0.4) is 0 Å². The topological polar surface area (TPSA) is 66.5 Å². The van der Waals surface area contributed by atoms with Gasteiger partial charge in [-0.05, 0) is 49.4 Å². The molecule has 2 aromatic rings. The zero-order valence-corrected chi connectivity index (χ0v) is 18.1. The zero-order valence-electron chi connectivity index (χ0n) is 15.7. The van der Waals surface area contributed by atoms with Crippen LogP contribution in [0.2, 0.25) is 5.02 Å². The maximum absolute atomic E-state index is 12.9. The number of amides is 1. The number of para-hydroxylation sites is 1. The van der Waals surface area contributed by atoms with Crippen LogP contribution in [0.15, 0.2) is 47.4 Å². The van der Waals surface area contributed by atoms with E-state index in [2.05, 4.69) is 5.32 Å². The summed E-state index contributed by atoms with van der Waals surface area (Å²) in [6.07, 6.45) is 1.08. The number of nitrogens with zero attached hydrogens (tertiary/aromatic N) is 1. The number of rotatable bonds is 7. The van der Waals surface area contributed by atoms with E-state index in [4.69, 9.17) is 11.6 Å². The Labute approximate surface area is 170 Å². The molecule has 0 spiro atoms. The Balaban J connectivity index is 2.38. The smallest absolute Gasteiger partial charge is 0.248 e. The van der Waals surface area contributed by atoms with Gasteiger partial charge in [-0.15, -0.1) is 11.8 Å². The van der Waals surface area contributed by atoms with Crippen molar-refractivity contribution in [3.63, 3.8) is 0 Å². The van der Waals surface area contributed by atoms with Crippen LogP contribution in [0.5, 0.6) is 0 Å². The quantitative estimate of drug-likeness (QED) is 0.659. The van der Waals surface area contributed by atoms with Gasteiger partial charge in [-0.25, -0.2) is 8.42 Å². The summed E-state index contributed by atoms with van der Waals surface area (Å²) >= 11 is 7.66. The van der Waals surface area contributed by atoms with E-state index in [0.29, 0.717) is 22.0 Å². The molecule has 0 aliphatic carbocycles. The van der Waals surface area contributed by atoms with Crippen molar-refractivity contribution in [2.24, 2.45) is 0 Å². The minimum atomic E-state index is -3.71. The Morgan fingerprint density at radius 3 is 2.56 bits per heavy atom. The number of carbonyl (C=O) groups is 1. The summed E-state index contributed by atoms with van der Waals surface area (Å²) in [5.41, 5.74) is 1.77. The van der Waals surface area contributed by atoms with E-state index in [-0.39, 0.29) is 0 Å². The van der Waals surface area contributed by atoms with Gasteiger partial charge in [-0.1, -0.05) is 36.7 Å². The van der Waals surface area contributed by atoms with Gasteiger partial charge in [-0.3, -0.25) is 9.10 Å². The normalized spacial score (nSPS) is 12.5. The van der Waals surface area contributed by atoms with Crippen LogP contribution in [0.4, 0.5) is 11.4 Å². The van der Waals surface area contributed by atoms with Crippen LogP contribution in [0, 0.1) is 6.92 Å². The molecule has 5 nitrogen and oxygen atoms in total. The molecule has 0 heterocycles. The van der Waals surface area contributed by atoms with Crippen LogP contribution in [-0.2, 0) is 14.8 Å². The van der Waals surface area contributed by atoms with Gasteiger partial charge < -0.3 is 5.32 Å². The lowest BCUT2D eigenvalue weighted by molar-refractivity contribution is -0.116. The molecule has 1 amide bonds. The zero-order chi connectivity index (χ0) is 20.2. The van der Waals surface area contributed by atoms with Gasteiger partial charge in [0.1, 0.15) is 6.04 Å². The van der Waals surface area contributed by atoms with Gasteiger partial charge in [0.2, 0.25) is 15.9 Å². The maximum atomic E-state index is 12.9. The molecule has 0 saturated carbocycles. The first-order chi connectivity index (χ1) is 12.6. The van der Waals surface area contributed by atoms with Gasteiger partial charge in [0.05, 0.1) is 17.6 Å². The third-order valence-corrected chi connectivity index (χ3v) is 6.36. The highest BCUT2D eigenvalue weighted by atomic mass is 35.5. The first-order valence-corrected chi connectivity index (χ1v) is 11.6. The summed E-state index contributed by atoms with van der Waals surface area (Å²) in [5.74, 6) is 0.448. The largest absolute Gasteiger partial charge is 0.323 e. The molecule has 2 rings (SSSR count). The predicted octanol–water partition coefficient (Wildman–Crippen LogP) is 4.55. The van der Waals surface area contributed by atoms with E-state index in [9.17, 15) is 13.2 Å². The fourth-order valence-electron chi connectivity index (χ4n) is 2.69. The number of sulfonamides is 1. The summed E-state index contributed by atoms with van der Waals surface area (Å²) < 4.78 is 26.0. The lowest BCUT2D eigenvalue weighted by Crippen LogP contribution is -2.45. The molecule has 0 radical (unpaired) electrons. The van der Waals surface area contributed by atoms with Crippen LogP contribution < -0.4 is 9.62 Å². The standard InChI is InChI=1S/C19H23ClN2O3S2/c1-5-26-18-9-7-6-8-16(18)21-19(23)14(3)22(27(4,24)25)17-12-15(20)11-10-13(17)2/h6-12,14H,5H2,1-4H3,(H,21,23)/t14-/m0/s1. The van der Waals surface area contributed by atoms with Gasteiger partial charge in [0.25, 0.3) is 0 Å². The number of hydrogen-bond acceptors (Lipinski definition) is 4. The van der Waals surface area contributed by atoms with Crippen molar-refractivity contribution in [3.8, 4) is 0 Å². The van der Waals surface area contributed by atoms with Crippen molar-refractivity contribution in [1.29, 1.82) is 0 Å². The molecule has 8 heteroatoms. The molecular weight excluding hydrogens is 404 g/mol. The van der Waals surface area contributed by atoms with E-state index in [1.807, 2.05) is 25.1 Å². The molecule has 0 aromatic heterocycles. The lowest BCUT2D eigenvalue weighted by atomic mass is 10.1. The predicted molar refractivity (Wildman–Crippen MR) is 114 cm³/mol. The molecule has 1 N–H and O–H groups in total. The molecule has 27 heavy (non-hydrogen) atoms. The number of anilines is 2. The van der Waals surface area contributed by atoms with Gasteiger partial charge in [-0.2, -0.15) is 0 Å². The second kappa shape index (κ2) is 8.99. The lowest BCUT2D eigenvalue weighted by Gasteiger charge is -2.29. The van der Waals surface area contributed by atoms with E-state index in [1.54, 1.807) is 49.9 Å². The van der Waals surface area contributed by atoms with Crippen LogP contribution in [-0.4, -0.2) is 32.4 Å². The molecule has 0 aliphatic heterocycles. The summed E-state index contributed by atoms with van der Waals surface area (Å²) in [4.78, 5) is 13.8. The second-order valence-corrected chi connectivity index (χ2v) is 9.69. The highest BCUT2D eigenvalue weighted by Crippen LogP contribution is 2.30. The Hall–Kier alpha value is -1.70. The molecule has 0 aliphatic rings. The number of thioether (sulfide) groups is 1. The molecule has 0 bridgehead atoms. The minimum Gasteiger partial charge on any atom is -0.323 e. The van der Waals surface area contributed by atoms with Gasteiger partial charge >= 0.3 is 0 Å². The average molecular weight is 427 g/mol. The molecular formula is C19H23ClN2O3S2. The monoisotopic (exact) mass is 426 g/mol. The van der Waals surface area contributed by atoms with Crippen molar-refractivity contribution < 1.29 is 13.2 Å². The number of benzene rings is 2. The highest BCUT2D eigenvalue weighted by molar-refractivity contribution is 7.99. The summed E-state index contributed by atoms with van der Waals surface area (Å²) in [5, 5.41) is 3.26. The maximum Gasteiger partial charge on any atom is 0.248 e. The molecule has 0 fully saturated rings. The van der Waals surface area contributed by atoms with Crippen molar-refractivity contribution in [2.45, 2.75) is 31.7 Å². The van der Waals surface area contributed by atoms with Gasteiger partial charge in [0.15, 0.2) is 0 Å². The van der Waals surface area contributed by atoms with Crippen LogP contribution in [0.1, 0.15) is 19.4 Å². The van der Waals surface area contributed by atoms with E-state index < -0.39 is 22.0 Å². The molecule has 0 saturated heterocycles. The molecule has 2 aromatic carbocycles. The summed E-state index contributed by atoms with van der Waals surface area (Å²) in [6, 6.07) is 11.5. The van der Waals surface area contributed by atoms with E-state index >= 15 is 0 Å². The number of halogens is 1. The average Bonchev–Trinajstić information content (AvgIpc) is 2.58. The number of hydrogen-bond donors (Lipinski definition) is 1. The van der Waals surface area contributed by atoms with Gasteiger partial charge in [0, 0.05) is 9.92 Å². The number of aryl methyl sites for hydroxylation is 1. The SMILES string of the molecule is CCSc1ccccc1NC(=O)[C@H](C)N(c1cc(Cl)ccc1C)S(C)(=O)=O. The van der Waals surface area contributed by atoms with E-state index in [1.165, 1.54) is 0 Å². The summed E-state index contributed by atoms with van der Waals surface area (Å²) in [6.45, 7) is 5.37. The van der Waals surface area contributed by atoms with Crippen molar-refractivity contribution >= 4 is 50.7 Å². The molecule has 146 valence electrons. The summed E-state index contributed by atoms with van der Waals surface area (Å²) in [7, 11) is -3.71. The van der Waals surface area contributed by atoms with Crippen molar-refractivity contribution in [2.75, 3.05) is 21.6 Å². The Morgan fingerprint density at radius 2 is 1.93 bits per heavy atom. The fraction of sp³-hybridized carbons (Fsp3) is 0.316. The Kier molecular flexibility index (Phi) is 7.19. The second-order valence-electron chi connectivity index (χ2n) is 6.08. The van der Waals surface area contributed by atoms with Crippen LogP contribution in [0.25, 0.3) is 0 Å². The Morgan fingerprint density at radius 1 is 1.26 bits per heavy atom. The molecule has 0 unspecified atom stereocenters. The first-order valence-electron chi connectivity index (χ1n) is 8.43.